The highest BCUT2D eigenvalue weighted by Gasteiger charge is 2.18. The molecule has 2 aromatic heterocycles. The third-order valence-corrected chi connectivity index (χ3v) is 4.79. The lowest BCUT2D eigenvalue weighted by molar-refractivity contribution is 0.346. The first-order chi connectivity index (χ1) is 9.79. The summed E-state index contributed by atoms with van der Waals surface area (Å²) in [5.41, 5.74) is 0.704. The molecular formula is C14H18N4OS. The lowest BCUT2D eigenvalue weighted by atomic mass is 9.95. The van der Waals surface area contributed by atoms with Crippen LogP contribution in [-0.4, -0.2) is 21.8 Å². The van der Waals surface area contributed by atoms with Crippen LogP contribution in [0.1, 0.15) is 38.1 Å². The van der Waals surface area contributed by atoms with Gasteiger partial charge in [-0.2, -0.15) is 0 Å². The monoisotopic (exact) mass is 290 g/mol. The molecule has 0 bridgehead atoms. The molecule has 0 aliphatic heterocycles. The Balaban J connectivity index is 1.98. The third kappa shape index (κ3) is 2.47. The minimum atomic E-state index is 0.0539. The molecule has 2 heterocycles. The van der Waals surface area contributed by atoms with E-state index in [4.69, 9.17) is 0 Å². The number of hydrogen-bond donors (Lipinski definition) is 1. The van der Waals surface area contributed by atoms with Crippen molar-refractivity contribution in [2.75, 3.05) is 12.4 Å². The number of anilines is 1. The normalized spacial score (nSPS) is 16.2. The van der Waals surface area contributed by atoms with Crippen LogP contribution in [0.2, 0.25) is 0 Å². The van der Waals surface area contributed by atoms with Gasteiger partial charge in [-0.05, 0) is 25.0 Å². The quantitative estimate of drug-likeness (QED) is 0.944. The Kier molecular flexibility index (Phi) is 3.82. The molecule has 0 aromatic carbocycles. The average molecular weight is 290 g/mol. The predicted molar refractivity (Wildman–Crippen MR) is 81.3 cm³/mol. The number of rotatable bonds is 3. The van der Waals surface area contributed by atoms with Crippen LogP contribution in [0.3, 0.4) is 0 Å². The summed E-state index contributed by atoms with van der Waals surface area (Å²) >= 11 is 1.41. The summed E-state index contributed by atoms with van der Waals surface area (Å²) in [6.45, 7) is 0. The van der Waals surface area contributed by atoms with Crippen molar-refractivity contribution in [1.29, 1.82) is 0 Å². The molecule has 0 radical (unpaired) electrons. The molecule has 0 atom stereocenters. The van der Waals surface area contributed by atoms with Crippen molar-refractivity contribution in [3.05, 3.63) is 28.7 Å². The molecule has 2 aromatic rings. The van der Waals surface area contributed by atoms with Crippen molar-refractivity contribution in [3.63, 3.8) is 0 Å². The number of pyridine rings is 1. The van der Waals surface area contributed by atoms with Gasteiger partial charge >= 0.3 is 0 Å². The molecule has 0 amide bonds. The van der Waals surface area contributed by atoms with E-state index in [9.17, 15) is 4.79 Å². The highest BCUT2D eigenvalue weighted by atomic mass is 32.1. The van der Waals surface area contributed by atoms with Crippen LogP contribution in [0.5, 0.6) is 0 Å². The molecule has 0 unspecified atom stereocenters. The molecule has 6 heteroatoms. The summed E-state index contributed by atoms with van der Waals surface area (Å²) in [5.74, 6) is 0. The molecule has 1 fully saturated rings. The fourth-order valence-corrected chi connectivity index (χ4v) is 3.47. The first-order valence-corrected chi connectivity index (χ1v) is 7.84. The predicted octanol–water partition coefficient (Wildman–Crippen LogP) is 2.91. The van der Waals surface area contributed by atoms with Crippen LogP contribution in [0, 0.1) is 0 Å². The molecule has 5 nitrogen and oxygen atoms in total. The Hall–Kier alpha value is -1.69. The van der Waals surface area contributed by atoms with Gasteiger partial charge in [-0.15, -0.1) is 10.2 Å². The number of aromatic nitrogens is 3. The molecule has 1 aliphatic carbocycles. The number of nitrogens with zero attached hydrogens (tertiary/aromatic N) is 3. The van der Waals surface area contributed by atoms with Crippen LogP contribution >= 0.6 is 11.3 Å². The van der Waals surface area contributed by atoms with Gasteiger partial charge in [-0.3, -0.25) is 4.79 Å². The fourth-order valence-electron chi connectivity index (χ4n) is 2.75. The zero-order valence-corrected chi connectivity index (χ0v) is 12.3. The Labute approximate surface area is 121 Å². The first-order valence-electron chi connectivity index (χ1n) is 7.02. The van der Waals surface area contributed by atoms with E-state index in [-0.39, 0.29) is 5.56 Å². The minimum Gasteiger partial charge on any atom is -0.363 e. The summed E-state index contributed by atoms with van der Waals surface area (Å²) in [5, 5.41) is 12.5. The Morgan fingerprint density at radius 2 is 2.10 bits per heavy atom. The topological polar surface area (TPSA) is 59.8 Å². The van der Waals surface area contributed by atoms with Crippen LogP contribution in [-0.2, 0) is 0 Å². The van der Waals surface area contributed by atoms with Crippen molar-refractivity contribution >= 4 is 16.5 Å². The fraction of sp³-hybridized carbons (Fsp3) is 0.500. The maximum Gasteiger partial charge on any atom is 0.261 e. The summed E-state index contributed by atoms with van der Waals surface area (Å²) in [6.07, 6.45) is 7.81. The maximum absolute atomic E-state index is 12.6. The molecular weight excluding hydrogens is 272 g/mol. The van der Waals surface area contributed by atoms with Crippen LogP contribution in [0.15, 0.2) is 23.1 Å². The lowest BCUT2D eigenvalue weighted by Gasteiger charge is -2.24. The summed E-state index contributed by atoms with van der Waals surface area (Å²) < 4.78 is 1.88. The summed E-state index contributed by atoms with van der Waals surface area (Å²) in [7, 11) is 1.80. The van der Waals surface area contributed by atoms with Gasteiger partial charge in [-0.1, -0.05) is 30.6 Å². The van der Waals surface area contributed by atoms with Gasteiger partial charge in [0.25, 0.3) is 5.56 Å². The van der Waals surface area contributed by atoms with Gasteiger partial charge in [0.1, 0.15) is 0 Å². The highest BCUT2D eigenvalue weighted by molar-refractivity contribution is 7.18. The average Bonchev–Trinajstić information content (AvgIpc) is 2.97. The van der Waals surface area contributed by atoms with Crippen molar-refractivity contribution < 1.29 is 0 Å². The first kappa shape index (κ1) is 13.3. The molecule has 0 spiro atoms. The maximum atomic E-state index is 12.6. The minimum absolute atomic E-state index is 0.0539. The van der Waals surface area contributed by atoms with Crippen molar-refractivity contribution in [3.8, 4) is 10.6 Å². The molecule has 20 heavy (non-hydrogen) atoms. The molecule has 1 N–H and O–H groups in total. The SMILES string of the molecule is CNc1nnc(-c2cccn(C3CCCCC3)c2=O)s1. The largest absolute Gasteiger partial charge is 0.363 e. The van der Waals surface area contributed by atoms with Gasteiger partial charge in [0.05, 0.1) is 5.56 Å². The van der Waals surface area contributed by atoms with E-state index >= 15 is 0 Å². The second-order valence-electron chi connectivity index (χ2n) is 5.09. The molecule has 3 rings (SSSR count). The van der Waals surface area contributed by atoms with Gasteiger partial charge in [0, 0.05) is 19.3 Å². The van der Waals surface area contributed by atoms with Crippen LogP contribution in [0.25, 0.3) is 10.6 Å². The van der Waals surface area contributed by atoms with Gasteiger partial charge in [0.2, 0.25) is 5.13 Å². The zero-order chi connectivity index (χ0) is 13.9. The Bertz CT molecular complexity index is 643. The van der Waals surface area contributed by atoms with E-state index < -0.39 is 0 Å². The van der Waals surface area contributed by atoms with E-state index in [1.54, 1.807) is 7.05 Å². The molecule has 106 valence electrons. The van der Waals surface area contributed by atoms with E-state index in [0.717, 1.165) is 18.0 Å². The third-order valence-electron chi connectivity index (χ3n) is 3.81. The smallest absolute Gasteiger partial charge is 0.261 e. The Morgan fingerprint density at radius 1 is 1.30 bits per heavy atom. The van der Waals surface area contributed by atoms with Crippen LogP contribution < -0.4 is 10.9 Å². The summed E-state index contributed by atoms with van der Waals surface area (Å²) in [6, 6.07) is 4.11. The van der Waals surface area contributed by atoms with Crippen LogP contribution in [0.4, 0.5) is 5.13 Å². The summed E-state index contributed by atoms with van der Waals surface area (Å²) in [4.78, 5) is 12.6. The van der Waals surface area contributed by atoms with Gasteiger partial charge in [-0.25, -0.2) is 0 Å². The van der Waals surface area contributed by atoms with Gasteiger partial charge < -0.3 is 9.88 Å². The molecule has 1 aliphatic rings. The number of nitrogens with one attached hydrogen (secondary N) is 1. The Morgan fingerprint density at radius 3 is 2.80 bits per heavy atom. The molecule has 0 saturated heterocycles. The number of hydrogen-bond acceptors (Lipinski definition) is 5. The zero-order valence-electron chi connectivity index (χ0n) is 11.5. The molecule has 1 saturated carbocycles. The van der Waals surface area contributed by atoms with Crippen molar-refractivity contribution in [2.45, 2.75) is 38.1 Å². The van der Waals surface area contributed by atoms with Crippen molar-refractivity contribution in [1.82, 2.24) is 14.8 Å². The second kappa shape index (κ2) is 5.75. The standard InChI is InChI=1S/C14H18N4OS/c1-15-14-17-16-12(20-14)11-8-5-9-18(13(11)19)10-6-3-2-4-7-10/h5,8-10H,2-4,6-7H2,1H3,(H,15,17). The van der Waals surface area contributed by atoms with E-state index in [1.807, 2.05) is 22.9 Å². The highest BCUT2D eigenvalue weighted by Crippen LogP contribution is 2.28. The van der Waals surface area contributed by atoms with Crippen molar-refractivity contribution in [2.24, 2.45) is 0 Å². The second-order valence-corrected chi connectivity index (χ2v) is 6.07. The lowest BCUT2D eigenvalue weighted by Crippen LogP contribution is -2.26. The van der Waals surface area contributed by atoms with Gasteiger partial charge in [0.15, 0.2) is 5.01 Å². The van der Waals surface area contributed by atoms with E-state index in [2.05, 4.69) is 15.5 Å². The van der Waals surface area contributed by atoms with E-state index in [0.29, 0.717) is 16.6 Å². The van der Waals surface area contributed by atoms with E-state index in [1.165, 1.54) is 30.6 Å².